The molecule has 0 aliphatic heterocycles. The van der Waals surface area contributed by atoms with Crippen LogP contribution in [0.5, 0.6) is 5.75 Å². The predicted octanol–water partition coefficient (Wildman–Crippen LogP) is 3.62. The van der Waals surface area contributed by atoms with Crippen LogP contribution in [0.4, 0.5) is 4.39 Å². The standard InChI is InChI=1S/C22H21FN2O3/c1-28-20-11-14(6-7-18(20)23)22(27)25-21(15-9-17(26)10-15)16-8-13-4-2-3-5-19(13)24-12-16/h2-8,11-12,15,17,21,26H,9-10H2,1H3,(H,25,27)/t15?,17?,21-/m1/s1. The maximum atomic E-state index is 13.7. The lowest BCUT2D eigenvalue weighted by Gasteiger charge is -2.38. The van der Waals surface area contributed by atoms with Gasteiger partial charge < -0.3 is 15.2 Å². The molecule has 0 radical (unpaired) electrons. The van der Waals surface area contributed by atoms with Crippen molar-refractivity contribution in [3.8, 4) is 5.75 Å². The summed E-state index contributed by atoms with van der Waals surface area (Å²) in [6.45, 7) is 0. The topological polar surface area (TPSA) is 71.5 Å². The quantitative estimate of drug-likeness (QED) is 0.709. The van der Waals surface area contributed by atoms with Gasteiger partial charge in [-0.2, -0.15) is 0 Å². The number of para-hydroxylation sites is 1. The van der Waals surface area contributed by atoms with Gasteiger partial charge in [0.05, 0.1) is 24.8 Å². The molecule has 1 fully saturated rings. The number of halogens is 1. The van der Waals surface area contributed by atoms with Crippen LogP contribution in [0.1, 0.15) is 34.8 Å². The number of carbonyl (C=O) groups is 1. The van der Waals surface area contributed by atoms with Gasteiger partial charge >= 0.3 is 0 Å². The minimum absolute atomic E-state index is 0.0237. The molecule has 28 heavy (non-hydrogen) atoms. The molecule has 1 aliphatic carbocycles. The summed E-state index contributed by atoms with van der Waals surface area (Å²) < 4.78 is 18.6. The molecule has 0 bridgehead atoms. The van der Waals surface area contributed by atoms with Crippen LogP contribution >= 0.6 is 0 Å². The fourth-order valence-electron chi connectivity index (χ4n) is 3.66. The number of aliphatic hydroxyl groups is 1. The highest BCUT2D eigenvalue weighted by Gasteiger charge is 2.36. The van der Waals surface area contributed by atoms with E-state index in [1.165, 1.54) is 25.3 Å². The van der Waals surface area contributed by atoms with Crippen molar-refractivity contribution in [2.45, 2.75) is 25.0 Å². The molecule has 0 spiro atoms. The molecule has 4 rings (SSSR count). The molecule has 6 heteroatoms. The van der Waals surface area contributed by atoms with E-state index in [0.717, 1.165) is 16.5 Å². The lowest BCUT2D eigenvalue weighted by molar-refractivity contribution is 0.0235. The van der Waals surface area contributed by atoms with E-state index >= 15 is 0 Å². The van der Waals surface area contributed by atoms with Gasteiger partial charge in [-0.1, -0.05) is 18.2 Å². The summed E-state index contributed by atoms with van der Waals surface area (Å²) in [4.78, 5) is 17.3. The summed E-state index contributed by atoms with van der Waals surface area (Å²) in [6, 6.07) is 13.5. The van der Waals surface area contributed by atoms with Crippen LogP contribution in [-0.2, 0) is 0 Å². The number of pyridine rings is 1. The molecule has 1 amide bonds. The molecular weight excluding hydrogens is 359 g/mol. The molecule has 0 unspecified atom stereocenters. The molecule has 1 saturated carbocycles. The minimum atomic E-state index is -0.517. The first-order chi connectivity index (χ1) is 13.5. The Morgan fingerprint density at radius 3 is 2.79 bits per heavy atom. The Morgan fingerprint density at radius 2 is 2.04 bits per heavy atom. The zero-order chi connectivity index (χ0) is 19.7. The molecule has 1 aliphatic rings. The SMILES string of the molecule is COc1cc(C(=O)N[C@@H](c2cnc3ccccc3c2)C2CC(O)C2)ccc1F. The molecule has 1 heterocycles. The lowest BCUT2D eigenvalue weighted by Crippen LogP contribution is -2.41. The maximum Gasteiger partial charge on any atom is 0.251 e. The number of benzene rings is 2. The second kappa shape index (κ2) is 7.56. The second-order valence-corrected chi connectivity index (χ2v) is 7.15. The zero-order valence-electron chi connectivity index (χ0n) is 15.4. The Hall–Kier alpha value is -2.99. The molecule has 2 N–H and O–H groups in total. The van der Waals surface area contributed by atoms with E-state index in [9.17, 15) is 14.3 Å². The van der Waals surface area contributed by atoms with Crippen molar-refractivity contribution in [1.82, 2.24) is 10.3 Å². The molecule has 0 saturated heterocycles. The lowest BCUT2D eigenvalue weighted by atomic mass is 9.75. The average molecular weight is 380 g/mol. The van der Waals surface area contributed by atoms with Gasteiger partial charge in [0.2, 0.25) is 0 Å². The molecule has 3 aromatic rings. The molecule has 1 atom stereocenters. The number of carbonyl (C=O) groups excluding carboxylic acids is 1. The largest absolute Gasteiger partial charge is 0.494 e. The van der Waals surface area contributed by atoms with Gasteiger partial charge in [-0.3, -0.25) is 9.78 Å². The van der Waals surface area contributed by atoms with Crippen molar-refractivity contribution in [2.24, 2.45) is 5.92 Å². The van der Waals surface area contributed by atoms with Gasteiger partial charge in [0.25, 0.3) is 5.91 Å². The molecule has 1 aromatic heterocycles. The number of nitrogens with one attached hydrogen (secondary N) is 1. The van der Waals surface area contributed by atoms with Gasteiger partial charge in [-0.25, -0.2) is 4.39 Å². The van der Waals surface area contributed by atoms with E-state index in [-0.39, 0.29) is 29.7 Å². The number of hydrogen-bond donors (Lipinski definition) is 2. The van der Waals surface area contributed by atoms with E-state index in [4.69, 9.17) is 4.74 Å². The van der Waals surface area contributed by atoms with Crippen LogP contribution in [-0.4, -0.2) is 29.2 Å². The van der Waals surface area contributed by atoms with Gasteiger partial charge in [-0.15, -0.1) is 0 Å². The smallest absolute Gasteiger partial charge is 0.251 e. The highest BCUT2D eigenvalue weighted by Crippen LogP contribution is 2.38. The zero-order valence-corrected chi connectivity index (χ0v) is 15.4. The normalized spacial score (nSPS) is 19.7. The van der Waals surface area contributed by atoms with Crippen LogP contribution in [0.15, 0.2) is 54.7 Å². The van der Waals surface area contributed by atoms with Crippen LogP contribution < -0.4 is 10.1 Å². The average Bonchev–Trinajstić information content (AvgIpc) is 2.69. The number of ether oxygens (including phenoxy) is 1. The Labute approximate surface area is 162 Å². The van der Waals surface area contributed by atoms with E-state index in [0.29, 0.717) is 18.4 Å². The second-order valence-electron chi connectivity index (χ2n) is 7.15. The molecule has 144 valence electrons. The highest BCUT2D eigenvalue weighted by molar-refractivity contribution is 5.95. The van der Waals surface area contributed by atoms with Gasteiger partial charge in [-0.05, 0) is 54.7 Å². The fraction of sp³-hybridized carbons (Fsp3) is 0.273. The van der Waals surface area contributed by atoms with Crippen molar-refractivity contribution < 1.29 is 19.0 Å². The number of methoxy groups -OCH3 is 1. The van der Waals surface area contributed by atoms with Gasteiger partial charge in [0.15, 0.2) is 11.6 Å². The van der Waals surface area contributed by atoms with E-state index in [2.05, 4.69) is 10.3 Å². The summed E-state index contributed by atoms with van der Waals surface area (Å²) in [5.74, 6) is -0.700. The number of rotatable bonds is 5. The number of hydrogen-bond acceptors (Lipinski definition) is 4. The molecule has 2 aromatic carbocycles. The first kappa shape index (κ1) is 18.4. The number of amides is 1. The Kier molecular flexibility index (Phi) is 4.96. The maximum absolute atomic E-state index is 13.7. The summed E-state index contributed by atoms with van der Waals surface area (Å²) in [7, 11) is 1.36. The highest BCUT2D eigenvalue weighted by atomic mass is 19.1. The predicted molar refractivity (Wildman–Crippen MR) is 104 cm³/mol. The number of fused-ring (bicyclic) bond motifs is 1. The summed E-state index contributed by atoms with van der Waals surface area (Å²) >= 11 is 0. The van der Waals surface area contributed by atoms with E-state index in [1.54, 1.807) is 6.20 Å². The van der Waals surface area contributed by atoms with E-state index in [1.807, 2.05) is 30.3 Å². The van der Waals surface area contributed by atoms with Crippen molar-refractivity contribution in [1.29, 1.82) is 0 Å². The van der Waals surface area contributed by atoms with Crippen LogP contribution in [0, 0.1) is 11.7 Å². The molecule has 5 nitrogen and oxygen atoms in total. The summed E-state index contributed by atoms with van der Waals surface area (Å²) in [5.41, 5.74) is 2.09. The van der Waals surface area contributed by atoms with Crippen molar-refractivity contribution in [2.75, 3.05) is 7.11 Å². The Morgan fingerprint density at radius 1 is 1.25 bits per heavy atom. The van der Waals surface area contributed by atoms with E-state index < -0.39 is 5.82 Å². The van der Waals surface area contributed by atoms with Crippen LogP contribution in [0.3, 0.4) is 0 Å². The van der Waals surface area contributed by atoms with Crippen LogP contribution in [0.2, 0.25) is 0 Å². The number of nitrogens with zero attached hydrogens (tertiary/aromatic N) is 1. The fourth-order valence-corrected chi connectivity index (χ4v) is 3.66. The monoisotopic (exact) mass is 380 g/mol. The third kappa shape index (κ3) is 3.55. The minimum Gasteiger partial charge on any atom is -0.494 e. The summed E-state index contributed by atoms with van der Waals surface area (Å²) in [6.07, 6.45) is 2.65. The van der Waals surface area contributed by atoms with Crippen LogP contribution in [0.25, 0.3) is 10.9 Å². The third-order valence-electron chi connectivity index (χ3n) is 5.29. The number of aromatic nitrogens is 1. The summed E-state index contributed by atoms with van der Waals surface area (Å²) in [5, 5.41) is 13.8. The van der Waals surface area contributed by atoms with Crippen molar-refractivity contribution >= 4 is 16.8 Å². The van der Waals surface area contributed by atoms with Crippen molar-refractivity contribution in [3.63, 3.8) is 0 Å². The van der Waals surface area contributed by atoms with Gasteiger partial charge in [0.1, 0.15) is 0 Å². The first-order valence-electron chi connectivity index (χ1n) is 9.22. The van der Waals surface area contributed by atoms with Gasteiger partial charge in [0, 0.05) is 17.1 Å². The Balaban J connectivity index is 1.63. The third-order valence-corrected chi connectivity index (χ3v) is 5.29. The Bertz CT molecular complexity index is 1020. The number of aliphatic hydroxyl groups excluding tert-OH is 1. The first-order valence-corrected chi connectivity index (χ1v) is 9.22. The molecular formula is C22H21FN2O3. The van der Waals surface area contributed by atoms with Crippen molar-refractivity contribution in [3.05, 3.63) is 71.7 Å².